The number of fused-ring (bicyclic) bond motifs is 1. The van der Waals surface area contributed by atoms with Crippen LogP contribution in [0, 0.1) is 20.2 Å². The van der Waals surface area contributed by atoms with Gasteiger partial charge in [-0.15, -0.1) is 0 Å². The summed E-state index contributed by atoms with van der Waals surface area (Å²) in [4.78, 5) is 29.9. The maximum absolute atomic E-state index is 11.4. The van der Waals surface area contributed by atoms with Crippen molar-refractivity contribution >= 4 is 57.6 Å². The van der Waals surface area contributed by atoms with Crippen molar-refractivity contribution in [1.29, 1.82) is 0 Å². The van der Waals surface area contributed by atoms with Gasteiger partial charge in [0.25, 0.3) is 5.69 Å². The first-order valence-electron chi connectivity index (χ1n) is 10.9. The molecule has 0 unspecified atom stereocenters. The lowest BCUT2D eigenvalue weighted by atomic mass is 10.2. The second-order valence-electron chi connectivity index (χ2n) is 7.90. The van der Waals surface area contributed by atoms with Gasteiger partial charge in [-0.2, -0.15) is 0 Å². The van der Waals surface area contributed by atoms with Crippen LogP contribution in [0.2, 0.25) is 10.0 Å². The van der Waals surface area contributed by atoms with Crippen LogP contribution in [-0.2, 0) is 0 Å². The van der Waals surface area contributed by atoms with E-state index in [2.05, 4.69) is 9.98 Å². The summed E-state index contributed by atoms with van der Waals surface area (Å²) in [6, 6.07) is 20.3. The number of hydrogen-bond donors (Lipinski definition) is 0. The fourth-order valence-corrected chi connectivity index (χ4v) is 3.83. The highest BCUT2D eigenvalue weighted by molar-refractivity contribution is 6.42. The number of hydrogen-bond acceptors (Lipinski definition) is 8. The van der Waals surface area contributed by atoms with E-state index in [-0.39, 0.29) is 5.75 Å². The van der Waals surface area contributed by atoms with Crippen molar-refractivity contribution in [3.63, 3.8) is 0 Å². The highest BCUT2D eigenvalue weighted by Crippen LogP contribution is 2.35. The zero-order valence-corrected chi connectivity index (χ0v) is 20.6. The summed E-state index contributed by atoms with van der Waals surface area (Å²) in [5.74, 6) is 0.568. The van der Waals surface area contributed by atoms with Crippen molar-refractivity contribution < 1.29 is 19.0 Å². The topological polar surface area (TPSA) is 134 Å². The molecular weight excluding hydrogens is 535 g/mol. The van der Waals surface area contributed by atoms with Crippen LogP contribution in [0.5, 0.6) is 11.5 Å². The van der Waals surface area contributed by atoms with Crippen molar-refractivity contribution in [3.05, 3.63) is 115 Å². The molecular formula is C26H14Cl2N4O6. The molecule has 0 saturated carbocycles. The monoisotopic (exact) mass is 548 g/mol. The Hall–Kier alpha value is -4.80. The summed E-state index contributed by atoms with van der Waals surface area (Å²) in [6.45, 7) is 0. The van der Waals surface area contributed by atoms with Crippen molar-refractivity contribution in [2.75, 3.05) is 0 Å². The first kappa shape index (κ1) is 24.9. The van der Waals surface area contributed by atoms with E-state index in [4.69, 9.17) is 32.4 Å². The van der Waals surface area contributed by atoms with E-state index >= 15 is 0 Å². The number of ether oxygens (including phenoxy) is 1. The number of non-ortho nitro benzene ring substituents is 1. The molecule has 1 aromatic heterocycles. The smallest absolute Gasteiger partial charge is 0.318 e. The van der Waals surface area contributed by atoms with Gasteiger partial charge in [-0.3, -0.25) is 25.2 Å². The quantitative estimate of drug-likeness (QED) is 0.114. The standard InChI is InChI=1S/C26H14Cl2N4O6/c27-20-7-4-16(11-21(20)28)26-30-22-12-17(5-8-24(22)38-26)29-14-15-2-1-3-19(10-15)37-25-9-6-18(31(33)34)13-23(25)32(35)36/h1-14H. The van der Waals surface area contributed by atoms with Gasteiger partial charge in [-0.25, -0.2) is 4.98 Å². The fraction of sp³-hybridized carbons (Fsp3) is 0. The summed E-state index contributed by atoms with van der Waals surface area (Å²) in [5, 5.41) is 23.2. The lowest BCUT2D eigenvalue weighted by Crippen LogP contribution is -1.96. The zero-order chi connectivity index (χ0) is 26.8. The minimum atomic E-state index is -0.735. The Morgan fingerprint density at radius 3 is 2.50 bits per heavy atom. The molecule has 1 heterocycles. The number of nitro benzene ring substituents is 2. The van der Waals surface area contributed by atoms with Gasteiger partial charge in [-0.1, -0.05) is 35.3 Å². The lowest BCUT2D eigenvalue weighted by Gasteiger charge is -2.07. The predicted molar refractivity (Wildman–Crippen MR) is 143 cm³/mol. The molecule has 38 heavy (non-hydrogen) atoms. The molecule has 0 aliphatic heterocycles. The molecule has 4 aromatic carbocycles. The van der Waals surface area contributed by atoms with Gasteiger partial charge in [0, 0.05) is 17.8 Å². The molecule has 0 bridgehead atoms. The number of aliphatic imine (C=N–C) groups is 1. The van der Waals surface area contributed by atoms with Gasteiger partial charge in [0.2, 0.25) is 11.6 Å². The molecule has 10 nitrogen and oxygen atoms in total. The normalized spacial score (nSPS) is 11.2. The van der Waals surface area contributed by atoms with Crippen molar-refractivity contribution in [2.45, 2.75) is 0 Å². The highest BCUT2D eigenvalue weighted by atomic mass is 35.5. The molecule has 0 spiro atoms. The van der Waals surface area contributed by atoms with Crippen LogP contribution in [0.25, 0.3) is 22.6 Å². The molecule has 0 radical (unpaired) electrons. The van der Waals surface area contributed by atoms with E-state index in [9.17, 15) is 20.2 Å². The van der Waals surface area contributed by atoms with E-state index < -0.39 is 21.2 Å². The Morgan fingerprint density at radius 2 is 1.74 bits per heavy atom. The van der Waals surface area contributed by atoms with E-state index in [0.29, 0.717) is 49.6 Å². The molecule has 0 atom stereocenters. The molecule has 0 aliphatic carbocycles. The van der Waals surface area contributed by atoms with Crippen molar-refractivity contribution in [3.8, 4) is 23.0 Å². The molecule has 0 saturated heterocycles. The van der Waals surface area contributed by atoms with E-state index in [1.165, 1.54) is 6.07 Å². The van der Waals surface area contributed by atoms with E-state index in [0.717, 1.165) is 12.1 Å². The minimum absolute atomic E-state index is 0.121. The Bertz CT molecular complexity index is 1750. The average Bonchev–Trinajstić information content (AvgIpc) is 3.33. The van der Waals surface area contributed by atoms with Crippen LogP contribution in [0.4, 0.5) is 17.1 Å². The Kier molecular flexibility index (Phi) is 6.73. The number of benzene rings is 4. The third-order valence-corrected chi connectivity index (χ3v) is 6.08. The number of nitro groups is 2. The van der Waals surface area contributed by atoms with Gasteiger partial charge < -0.3 is 9.15 Å². The molecule has 0 amide bonds. The molecule has 0 N–H and O–H groups in total. The van der Waals surface area contributed by atoms with Crippen LogP contribution in [-0.4, -0.2) is 21.0 Å². The number of halogens is 2. The number of aromatic nitrogens is 1. The minimum Gasteiger partial charge on any atom is -0.450 e. The Labute approximate surface area is 224 Å². The van der Waals surface area contributed by atoms with Crippen LogP contribution < -0.4 is 4.74 Å². The average molecular weight is 549 g/mol. The number of rotatable bonds is 7. The number of oxazole rings is 1. The Morgan fingerprint density at radius 1 is 0.895 bits per heavy atom. The van der Waals surface area contributed by atoms with Gasteiger partial charge in [0.05, 0.1) is 31.6 Å². The summed E-state index contributed by atoms with van der Waals surface area (Å²) >= 11 is 12.1. The van der Waals surface area contributed by atoms with Crippen LogP contribution in [0.1, 0.15) is 5.56 Å². The second-order valence-corrected chi connectivity index (χ2v) is 8.71. The van der Waals surface area contributed by atoms with Gasteiger partial charge in [-0.05, 0) is 60.2 Å². The fourth-order valence-electron chi connectivity index (χ4n) is 3.53. The summed E-state index contributed by atoms with van der Waals surface area (Å²) in [5.41, 5.74) is 2.21. The Balaban J connectivity index is 1.37. The third kappa shape index (κ3) is 5.31. The SMILES string of the molecule is O=[N+]([O-])c1ccc(Oc2cccc(C=Nc3ccc4oc(-c5ccc(Cl)c(Cl)c5)nc4c3)c2)c([N+](=O)[O-])c1. The van der Waals surface area contributed by atoms with Crippen LogP contribution >= 0.6 is 23.2 Å². The van der Waals surface area contributed by atoms with E-state index in [1.54, 1.807) is 66.9 Å². The van der Waals surface area contributed by atoms with Gasteiger partial charge >= 0.3 is 5.69 Å². The first-order chi connectivity index (χ1) is 18.3. The molecule has 188 valence electrons. The van der Waals surface area contributed by atoms with Crippen LogP contribution in [0.3, 0.4) is 0 Å². The summed E-state index contributed by atoms with van der Waals surface area (Å²) in [6.07, 6.45) is 1.60. The molecule has 5 rings (SSSR count). The van der Waals surface area contributed by atoms with Crippen molar-refractivity contribution in [2.24, 2.45) is 4.99 Å². The lowest BCUT2D eigenvalue weighted by molar-refractivity contribution is -0.394. The zero-order valence-electron chi connectivity index (χ0n) is 19.1. The predicted octanol–water partition coefficient (Wildman–Crippen LogP) is 8.16. The van der Waals surface area contributed by atoms with Gasteiger partial charge in [0.1, 0.15) is 11.3 Å². The maximum Gasteiger partial charge on any atom is 0.318 e. The third-order valence-electron chi connectivity index (χ3n) is 5.34. The summed E-state index contributed by atoms with van der Waals surface area (Å²) in [7, 11) is 0. The molecule has 12 heteroatoms. The van der Waals surface area contributed by atoms with Crippen molar-refractivity contribution in [1.82, 2.24) is 4.98 Å². The first-order valence-corrected chi connectivity index (χ1v) is 11.6. The number of nitrogens with zero attached hydrogens (tertiary/aromatic N) is 4. The molecule has 5 aromatic rings. The largest absolute Gasteiger partial charge is 0.450 e. The van der Waals surface area contributed by atoms with E-state index in [1.807, 2.05) is 0 Å². The summed E-state index contributed by atoms with van der Waals surface area (Å²) < 4.78 is 11.5. The molecule has 0 fully saturated rings. The molecule has 0 aliphatic rings. The highest BCUT2D eigenvalue weighted by Gasteiger charge is 2.21. The van der Waals surface area contributed by atoms with Crippen LogP contribution in [0.15, 0.2) is 88.3 Å². The second kappa shape index (κ2) is 10.3. The van der Waals surface area contributed by atoms with Gasteiger partial charge in [0.15, 0.2) is 5.58 Å². The maximum atomic E-state index is 11.4.